The van der Waals surface area contributed by atoms with Crippen molar-refractivity contribution in [2.24, 2.45) is 5.92 Å². The lowest BCUT2D eigenvalue weighted by Crippen LogP contribution is -2.21. The summed E-state index contributed by atoms with van der Waals surface area (Å²) in [6.45, 7) is 9.52. The second-order valence-electron chi connectivity index (χ2n) is 5.81. The summed E-state index contributed by atoms with van der Waals surface area (Å²) in [5, 5.41) is 0.393. The standard InChI is InChI=1S/C14H21NO3S/c1-7(2)10(16)8-9(14(3,4)5)11(13(17)18-6)19-12(8)15/h7H,15H2,1-6H3. The fourth-order valence-corrected chi connectivity index (χ4v) is 3.14. The van der Waals surface area contributed by atoms with Gasteiger partial charge in [-0.15, -0.1) is 11.3 Å². The Morgan fingerprint density at radius 3 is 2.16 bits per heavy atom. The largest absolute Gasteiger partial charge is 0.465 e. The number of anilines is 1. The normalized spacial score (nSPS) is 11.7. The molecule has 19 heavy (non-hydrogen) atoms. The van der Waals surface area contributed by atoms with Gasteiger partial charge in [0.05, 0.1) is 17.7 Å². The molecule has 1 aromatic rings. The SMILES string of the molecule is COC(=O)c1sc(N)c(C(=O)C(C)C)c1C(C)(C)C. The molecule has 1 heterocycles. The Kier molecular flexibility index (Phi) is 4.40. The number of esters is 1. The molecule has 0 atom stereocenters. The summed E-state index contributed by atoms with van der Waals surface area (Å²) in [6.07, 6.45) is 0. The van der Waals surface area contributed by atoms with Gasteiger partial charge >= 0.3 is 5.97 Å². The molecule has 0 aromatic carbocycles. The Labute approximate surface area is 117 Å². The third-order valence-corrected chi connectivity index (χ3v) is 3.83. The van der Waals surface area contributed by atoms with Crippen LogP contribution in [0.4, 0.5) is 5.00 Å². The van der Waals surface area contributed by atoms with Crippen LogP contribution in [0.3, 0.4) is 0 Å². The van der Waals surface area contributed by atoms with E-state index in [1.165, 1.54) is 7.11 Å². The van der Waals surface area contributed by atoms with Crippen molar-refractivity contribution in [2.75, 3.05) is 12.8 Å². The minimum atomic E-state index is -0.440. The van der Waals surface area contributed by atoms with Crippen molar-refractivity contribution in [1.29, 1.82) is 0 Å². The molecule has 0 saturated carbocycles. The van der Waals surface area contributed by atoms with Crippen LogP contribution in [-0.4, -0.2) is 18.9 Å². The molecule has 0 spiro atoms. The molecule has 0 unspecified atom stereocenters. The molecule has 0 fully saturated rings. The predicted molar refractivity (Wildman–Crippen MR) is 77.9 cm³/mol. The third-order valence-electron chi connectivity index (χ3n) is 2.83. The van der Waals surface area contributed by atoms with Gasteiger partial charge in [-0.05, 0) is 11.0 Å². The van der Waals surface area contributed by atoms with E-state index in [2.05, 4.69) is 0 Å². The number of thiophene rings is 1. The minimum absolute atomic E-state index is 0.0335. The number of hydrogen-bond acceptors (Lipinski definition) is 5. The number of rotatable bonds is 3. The van der Waals surface area contributed by atoms with E-state index in [4.69, 9.17) is 10.5 Å². The van der Waals surface area contributed by atoms with Crippen LogP contribution >= 0.6 is 11.3 Å². The fourth-order valence-electron chi connectivity index (χ4n) is 1.93. The maximum atomic E-state index is 12.3. The Balaban J connectivity index is 3.60. The van der Waals surface area contributed by atoms with E-state index in [-0.39, 0.29) is 17.1 Å². The Bertz CT molecular complexity index is 509. The lowest BCUT2D eigenvalue weighted by Gasteiger charge is -2.21. The van der Waals surface area contributed by atoms with Crippen LogP contribution in [0.15, 0.2) is 0 Å². The maximum Gasteiger partial charge on any atom is 0.348 e. The lowest BCUT2D eigenvalue weighted by molar-refractivity contribution is 0.0603. The van der Waals surface area contributed by atoms with E-state index >= 15 is 0 Å². The number of nitrogens with two attached hydrogens (primary N) is 1. The van der Waals surface area contributed by atoms with E-state index in [0.717, 1.165) is 11.3 Å². The summed E-state index contributed by atoms with van der Waals surface area (Å²) in [6, 6.07) is 0. The highest BCUT2D eigenvalue weighted by molar-refractivity contribution is 7.18. The van der Waals surface area contributed by atoms with Crippen molar-refractivity contribution in [3.63, 3.8) is 0 Å². The summed E-state index contributed by atoms with van der Waals surface area (Å²) in [4.78, 5) is 24.6. The number of nitrogen functional groups attached to an aromatic ring is 1. The van der Waals surface area contributed by atoms with Gasteiger partial charge in [-0.25, -0.2) is 4.79 Å². The van der Waals surface area contributed by atoms with Crippen molar-refractivity contribution in [3.8, 4) is 0 Å². The molecule has 0 amide bonds. The molecule has 0 aliphatic carbocycles. The van der Waals surface area contributed by atoms with Gasteiger partial charge in [0.1, 0.15) is 4.88 Å². The number of ketones is 1. The zero-order chi connectivity index (χ0) is 15.0. The average Bonchev–Trinajstić information content (AvgIpc) is 2.64. The van der Waals surface area contributed by atoms with Crippen LogP contribution in [0, 0.1) is 5.92 Å². The first kappa shape index (κ1) is 15.7. The highest BCUT2D eigenvalue weighted by atomic mass is 32.1. The predicted octanol–water partition coefficient (Wildman–Crippen LogP) is 3.25. The van der Waals surface area contributed by atoms with Crippen LogP contribution < -0.4 is 5.73 Å². The second-order valence-corrected chi connectivity index (χ2v) is 6.86. The highest BCUT2D eigenvalue weighted by Crippen LogP contribution is 2.40. The van der Waals surface area contributed by atoms with Gasteiger partial charge in [-0.1, -0.05) is 34.6 Å². The molecule has 0 radical (unpaired) electrons. The molecule has 4 nitrogen and oxygen atoms in total. The van der Waals surface area contributed by atoms with Crippen molar-refractivity contribution in [2.45, 2.75) is 40.0 Å². The molecule has 2 N–H and O–H groups in total. The zero-order valence-corrected chi connectivity index (χ0v) is 13.1. The van der Waals surface area contributed by atoms with Gasteiger partial charge in [0, 0.05) is 5.92 Å². The first-order valence-electron chi connectivity index (χ1n) is 6.16. The van der Waals surface area contributed by atoms with Crippen LogP contribution in [0.25, 0.3) is 0 Å². The Morgan fingerprint density at radius 1 is 1.26 bits per heavy atom. The van der Waals surface area contributed by atoms with E-state index in [1.807, 2.05) is 34.6 Å². The first-order chi connectivity index (χ1) is 8.61. The summed E-state index contributed by atoms with van der Waals surface area (Å²) in [5.41, 5.74) is 6.78. The molecule has 1 rings (SSSR count). The number of hydrogen-bond donors (Lipinski definition) is 1. The van der Waals surface area contributed by atoms with E-state index in [1.54, 1.807) is 0 Å². The van der Waals surface area contributed by atoms with E-state index < -0.39 is 5.97 Å². The van der Waals surface area contributed by atoms with Gasteiger partial charge in [0.25, 0.3) is 0 Å². The minimum Gasteiger partial charge on any atom is -0.465 e. The van der Waals surface area contributed by atoms with Crippen LogP contribution in [0.1, 0.15) is 60.2 Å². The van der Waals surface area contributed by atoms with Crippen LogP contribution in [0.2, 0.25) is 0 Å². The van der Waals surface area contributed by atoms with Crippen LogP contribution in [0.5, 0.6) is 0 Å². The van der Waals surface area contributed by atoms with Crippen molar-refractivity contribution >= 4 is 28.1 Å². The number of ether oxygens (including phenoxy) is 1. The van der Waals surface area contributed by atoms with Gasteiger partial charge in [-0.3, -0.25) is 4.79 Å². The quantitative estimate of drug-likeness (QED) is 0.683. The maximum absolute atomic E-state index is 12.3. The monoisotopic (exact) mass is 283 g/mol. The third kappa shape index (κ3) is 2.97. The topological polar surface area (TPSA) is 69.4 Å². The molecule has 0 bridgehead atoms. The molecular weight excluding hydrogens is 262 g/mol. The Morgan fingerprint density at radius 2 is 1.79 bits per heavy atom. The van der Waals surface area contributed by atoms with Gasteiger partial charge in [-0.2, -0.15) is 0 Å². The van der Waals surface area contributed by atoms with Crippen LogP contribution in [-0.2, 0) is 10.2 Å². The first-order valence-corrected chi connectivity index (χ1v) is 6.98. The Hall–Kier alpha value is -1.36. The number of Topliss-reactive ketones (excluding diaryl/α,β-unsaturated/α-hetero) is 1. The zero-order valence-electron chi connectivity index (χ0n) is 12.3. The van der Waals surface area contributed by atoms with Crippen molar-refractivity contribution in [3.05, 3.63) is 16.0 Å². The van der Waals surface area contributed by atoms with Gasteiger partial charge < -0.3 is 10.5 Å². The highest BCUT2D eigenvalue weighted by Gasteiger charge is 2.33. The number of carbonyl (C=O) groups excluding carboxylic acids is 2. The number of carbonyl (C=O) groups is 2. The molecule has 0 aliphatic rings. The molecular formula is C14H21NO3S. The van der Waals surface area contributed by atoms with Gasteiger partial charge in [0.2, 0.25) is 0 Å². The molecule has 106 valence electrons. The van der Waals surface area contributed by atoms with Gasteiger partial charge in [0.15, 0.2) is 5.78 Å². The summed E-state index contributed by atoms with van der Waals surface area (Å²) in [7, 11) is 1.33. The van der Waals surface area contributed by atoms with E-state index in [9.17, 15) is 9.59 Å². The molecule has 5 heteroatoms. The lowest BCUT2D eigenvalue weighted by atomic mass is 9.81. The van der Waals surface area contributed by atoms with Crippen molar-refractivity contribution < 1.29 is 14.3 Å². The van der Waals surface area contributed by atoms with E-state index in [0.29, 0.717) is 21.0 Å². The average molecular weight is 283 g/mol. The van der Waals surface area contributed by atoms with Crippen molar-refractivity contribution in [1.82, 2.24) is 0 Å². The molecule has 1 aromatic heterocycles. The fraction of sp³-hybridized carbons (Fsp3) is 0.571. The molecule has 0 aliphatic heterocycles. The summed E-state index contributed by atoms with van der Waals surface area (Å²) < 4.78 is 4.79. The number of methoxy groups -OCH3 is 1. The summed E-state index contributed by atoms with van der Waals surface area (Å²) >= 11 is 1.13. The second kappa shape index (κ2) is 5.33. The molecule has 0 saturated heterocycles. The summed E-state index contributed by atoms with van der Waals surface area (Å²) in [5.74, 6) is -0.637. The smallest absolute Gasteiger partial charge is 0.348 e.